The molecule has 0 saturated carbocycles. The fourth-order valence-electron chi connectivity index (χ4n) is 2.98. The van der Waals surface area contributed by atoms with Gasteiger partial charge in [-0.1, -0.05) is 35.9 Å². The third-order valence-corrected chi connectivity index (χ3v) is 5.07. The second-order valence-corrected chi connectivity index (χ2v) is 6.81. The molecule has 0 aliphatic carbocycles. The molecule has 7 nitrogen and oxygen atoms in total. The molecule has 138 valence electrons. The van der Waals surface area contributed by atoms with Gasteiger partial charge in [-0.05, 0) is 59.2 Å². The van der Waals surface area contributed by atoms with Crippen LogP contribution in [0.3, 0.4) is 0 Å². The van der Waals surface area contributed by atoms with Crippen LogP contribution in [-0.4, -0.2) is 30.0 Å². The Hall–Kier alpha value is -3.50. The molecule has 0 N–H and O–H groups in total. The third kappa shape index (κ3) is 3.15. The van der Waals surface area contributed by atoms with Gasteiger partial charge in [-0.25, -0.2) is 9.36 Å². The number of nitrogens with zero attached hydrogens (tertiary/aromatic N) is 7. The van der Waals surface area contributed by atoms with Gasteiger partial charge in [0, 0.05) is 0 Å². The summed E-state index contributed by atoms with van der Waals surface area (Å²) in [5.74, 6) is 0.533. The van der Waals surface area contributed by atoms with Crippen molar-refractivity contribution in [1.82, 2.24) is 30.0 Å². The average Bonchev–Trinajstić information content (AvgIpc) is 3.31. The summed E-state index contributed by atoms with van der Waals surface area (Å²) in [6.07, 6.45) is 1.67. The van der Waals surface area contributed by atoms with Crippen LogP contribution in [-0.2, 0) is 6.54 Å². The van der Waals surface area contributed by atoms with Crippen molar-refractivity contribution >= 4 is 11.6 Å². The minimum atomic E-state index is 0.449. The predicted molar refractivity (Wildman–Crippen MR) is 105 cm³/mol. The zero-order valence-electron chi connectivity index (χ0n) is 15.3. The van der Waals surface area contributed by atoms with E-state index in [0.717, 1.165) is 22.4 Å². The second-order valence-electron chi connectivity index (χ2n) is 6.45. The number of hydrogen-bond acceptors (Lipinski definition) is 5. The van der Waals surface area contributed by atoms with Gasteiger partial charge in [-0.2, -0.15) is 10.4 Å². The van der Waals surface area contributed by atoms with Gasteiger partial charge >= 0.3 is 0 Å². The maximum absolute atomic E-state index is 8.93. The van der Waals surface area contributed by atoms with E-state index >= 15 is 0 Å². The molecule has 2 heterocycles. The van der Waals surface area contributed by atoms with E-state index in [2.05, 4.69) is 39.7 Å². The summed E-state index contributed by atoms with van der Waals surface area (Å²) < 4.78 is 3.36. The topological polar surface area (TPSA) is 85.2 Å². The van der Waals surface area contributed by atoms with Crippen LogP contribution in [0.5, 0.6) is 0 Å². The summed E-state index contributed by atoms with van der Waals surface area (Å²) in [5.41, 5.74) is 5.43. The molecule has 0 radical (unpaired) electrons. The molecule has 2 aromatic heterocycles. The second kappa shape index (κ2) is 7.25. The van der Waals surface area contributed by atoms with E-state index in [1.165, 1.54) is 0 Å². The Morgan fingerprint density at radius 2 is 1.89 bits per heavy atom. The summed E-state index contributed by atoms with van der Waals surface area (Å²) >= 11 is 6.64. The molecule has 0 aliphatic rings. The van der Waals surface area contributed by atoms with Gasteiger partial charge in [0.2, 0.25) is 0 Å². The van der Waals surface area contributed by atoms with Gasteiger partial charge in [0.1, 0.15) is 5.15 Å². The molecule has 0 atom stereocenters. The van der Waals surface area contributed by atoms with Gasteiger partial charge < -0.3 is 0 Å². The molecule has 2 aromatic carbocycles. The van der Waals surface area contributed by atoms with Crippen molar-refractivity contribution in [1.29, 1.82) is 5.26 Å². The molecule has 0 aliphatic heterocycles. The van der Waals surface area contributed by atoms with E-state index in [4.69, 9.17) is 16.9 Å². The van der Waals surface area contributed by atoms with Crippen LogP contribution >= 0.6 is 11.6 Å². The molecule has 4 aromatic rings. The van der Waals surface area contributed by atoms with Crippen LogP contribution in [0.1, 0.15) is 22.3 Å². The number of halogens is 1. The smallest absolute Gasteiger partial charge is 0.187 e. The number of hydrogen-bond donors (Lipinski definition) is 0. The Morgan fingerprint density at radius 3 is 2.64 bits per heavy atom. The van der Waals surface area contributed by atoms with E-state index in [0.29, 0.717) is 28.6 Å². The first-order valence-corrected chi connectivity index (χ1v) is 9.02. The zero-order valence-corrected chi connectivity index (χ0v) is 16.1. The third-order valence-electron chi connectivity index (χ3n) is 4.70. The van der Waals surface area contributed by atoms with Gasteiger partial charge in [0.05, 0.1) is 35.6 Å². The minimum absolute atomic E-state index is 0.449. The molecule has 28 heavy (non-hydrogen) atoms. The fraction of sp³-hybridized carbons (Fsp3) is 0.150. The summed E-state index contributed by atoms with van der Waals surface area (Å²) in [6.45, 7) is 4.55. The lowest BCUT2D eigenvalue weighted by Gasteiger charge is -2.10. The lowest BCUT2D eigenvalue weighted by molar-refractivity contribution is 0.653. The minimum Gasteiger partial charge on any atom is -0.221 e. The first kappa shape index (κ1) is 17.9. The molecule has 0 spiro atoms. The predicted octanol–water partition coefficient (Wildman–Crippen LogP) is 3.72. The standard InChI is InChI=1S/C20H16ClN7/c1-13-4-3-5-18(14(13)2)28-19(21)17(11-23-28)20-24-25-26-27(20)12-16-8-6-15(10-22)7-9-16/h3-9,11H,12H2,1-2H3. The van der Waals surface area contributed by atoms with Crippen molar-refractivity contribution in [3.05, 3.63) is 76.1 Å². The lowest BCUT2D eigenvalue weighted by Crippen LogP contribution is -2.05. The van der Waals surface area contributed by atoms with Crippen LogP contribution in [0.25, 0.3) is 17.1 Å². The van der Waals surface area contributed by atoms with Crippen LogP contribution in [0.2, 0.25) is 5.15 Å². The van der Waals surface area contributed by atoms with E-state index in [1.54, 1.807) is 27.7 Å². The summed E-state index contributed by atoms with van der Waals surface area (Å²) in [4.78, 5) is 0. The van der Waals surface area contributed by atoms with E-state index in [-0.39, 0.29) is 0 Å². The maximum Gasteiger partial charge on any atom is 0.187 e. The molecule has 0 amide bonds. The zero-order chi connectivity index (χ0) is 19.7. The Kier molecular flexibility index (Phi) is 4.63. The van der Waals surface area contributed by atoms with Crippen LogP contribution in [0.4, 0.5) is 0 Å². The summed E-state index contributed by atoms with van der Waals surface area (Å²) in [7, 11) is 0. The number of benzene rings is 2. The quantitative estimate of drug-likeness (QED) is 0.531. The Labute approximate surface area is 166 Å². The molecule has 0 unspecified atom stereocenters. The normalized spacial score (nSPS) is 10.8. The SMILES string of the molecule is Cc1cccc(-n2ncc(-c3nnnn3Cc3ccc(C#N)cc3)c2Cl)c1C. The highest BCUT2D eigenvalue weighted by Gasteiger charge is 2.19. The fourth-order valence-corrected chi connectivity index (χ4v) is 3.25. The van der Waals surface area contributed by atoms with Gasteiger partial charge in [0.15, 0.2) is 5.82 Å². The number of tetrazole rings is 1. The summed E-state index contributed by atoms with van der Waals surface area (Å²) in [6, 6.07) is 15.4. The first-order valence-electron chi connectivity index (χ1n) is 8.64. The van der Waals surface area contributed by atoms with E-state index < -0.39 is 0 Å². The number of aryl methyl sites for hydroxylation is 1. The Morgan fingerprint density at radius 1 is 1.11 bits per heavy atom. The van der Waals surface area contributed by atoms with Crippen molar-refractivity contribution in [2.45, 2.75) is 20.4 Å². The molecule has 0 saturated heterocycles. The van der Waals surface area contributed by atoms with Crippen LogP contribution in [0, 0.1) is 25.2 Å². The van der Waals surface area contributed by atoms with Gasteiger partial charge in [-0.15, -0.1) is 5.10 Å². The maximum atomic E-state index is 8.93. The largest absolute Gasteiger partial charge is 0.221 e. The van der Waals surface area contributed by atoms with Crippen molar-refractivity contribution in [3.63, 3.8) is 0 Å². The van der Waals surface area contributed by atoms with Gasteiger partial charge in [-0.3, -0.25) is 0 Å². The monoisotopic (exact) mass is 389 g/mol. The summed E-state index contributed by atoms with van der Waals surface area (Å²) in [5, 5.41) is 25.8. The van der Waals surface area contributed by atoms with Crippen molar-refractivity contribution in [3.8, 4) is 23.1 Å². The first-order chi connectivity index (χ1) is 13.6. The molecule has 0 bridgehead atoms. The highest BCUT2D eigenvalue weighted by atomic mass is 35.5. The van der Waals surface area contributed by atoms with Gasteiger partial charge in [0.25, 0.3) is 0 Å². The Balaban J connectivity index is 1.70. The van der Waals surface area contributed by atoms with E-state index in [9.17, 15) is 0 Å². The van der Waals surface area contributed by atoms with Crippen LogP contribution in [0.15, 0.2) is 48.7 Å². The van der Waals surface area contributed by atoms with Crippen molar-refractivity contribution in [2.75, 3.05) is 0 Å². The van der Waals surface area contributed by atoms with Crippen molar-refractivity contribution in [2.24, 2.45) is 0 Å². The molecule has 0 fully saturated rings. The average molecular weight is 390 g/mol. The molecular formula is C20H16ClN7. The van der Waals surface area contributed by atoms with Crippen LogP contribution < -0.4 is 0 Å². The molecular weight excluding hydrogens is 374 g/mol. The van der Waals surface area contributed by atoms with E-state index in [1.807, 2.05) is 31.2 Å². The Bertz CT molecular complexity index is 1180. The van der Waals surface area contributed by atoms with Crippen molar-refractivity contribution < 1.29 is 0 Å². The number of aromatic nitrogens is 6. The highest BCUT2D eigenvalue weighted by molar-refractivity contribution is 6.32. The highest BCUT2D eigenvalue weighted by Crippen LogP contribution is 2.29. The molecule has 4 rings (SSSR count). The number of nitriles is 1. The lowest BCUT2D eigenvalue weighted by atomic mass is 10.1. The molecule has 8 heteroatoms. The number of rotatable bonds is 4.